The number of hydrogen-bond donors (Lipinski definition) is 2. The van der Waals surface area contributed by atoms with Crippen molar-refractivity contribution in [2.24, 2.45) is 5.92 Å². The van der Waals surface area contributed by atoms with Crippen molar-refractivity contribution < 1.29 is 14.6 Å². The van der Waals surface area contributed by atoms with Crippen LogP contribution in [0.25, 0.3) is 0 Å². The molecule has 0 aliphatic heterocycles. The largest absolute Gasteiger partial charge is 0.394 e. The summed E-state index contributed by atoms with van der Waals surface area (Å²) < 4.78 is 11.3. The van der Waals surface area contributed by atoms with E-state index in [1.807, 2.05) is 0 Å². The van der Waals surface area contributed by atoms with E-state index in [9.17, 15) is 5.11 Å². The fourth-order valence-corrected chi connectivity index (χ4v) is 3.17. The van der Waals surface area contributed by atoms with Crippen LogP contribution in [-0.2, 0) is 9.47 Å². The highest BCUT2D eigenvalue weighted by molar-refractivity contribution is 4.98. The van der Waals surface area contributed by atoms with Crippen LogP contribution in [0, 0.1) is 5.92 Å². The number of rotatable bonds is 10. The van der Waals surface area contributed by atoms with E-state index in [-0.39, 0.29) is 17.7 Å². The van der Waals surface area contributed by atoms with Gasteiger partial charge in [0, 0.05) is 12.1 Å². The van der Waals surface area contributed by atoms with Crippen LogP contribution in [0.3, 0.4) is 0 Å². The molecular formula is C17H35NO3. The number of aliphatic hydroxyl groups excluding tert-OH is 1. The number of aliphatic hydroxyl groups is 1. The van der Waals surface area contributed by atoms with Crippen molar-refractivity contribution >= 4 is 0 Å². The molecule has 4 nitrogen and oxygen atoms in total. The van der Waals surface area contributed by atoms with Gasteiger partial charge in [0.2, 0.25) is 0 Å². The summed E-state index contributed by atoms with van der Waals surface area (Å²) in [6, 6.07) is 0. The highest BCUT2D eigenvalue weighted by atomic mass is 16.5. The first-order chi connectivity index (χ1) is 9.93. The van der Waals surface area contributed by atoms with E-state index in [0.29, 0.717) is 19.1 Å². The van der Waals surface area contributed by atoms with Gasteiger partial charge in [0.25, 0.3) is 0 Å². The topological polar surface area (TPSA) is 50.7 Å². The second kappa shape index (κ2) is 9.09. The molecule has 2 atom stereocenters. The maximum Gasteiger partial charge on any atom is 0.0707 e. The minimum Gasteiger partial charge on any atom is -0.394 e. The number of ether oxygens (including phenoxy) is 2. The molecule has 0 amide bonds. The van der Waals surface area contributed by atoms with E-state index in [4.69, 9.17) is 9.47 Å². The van der Waals surface area contributed by atoms with Crippen LogP contribution >= 0.6 is 0 Å². The monoisotopic (exact) mass is 301 g/mol. The Kier molecular flexibility index (Phi) is 8.17. The zero-order valence-corrected chi connectivity index (χ0v) is 14.4. The Balaban J connectivity index is 2.23. The molecule has 1 aliphatic carbocycles. The SMILES string of the molecule is CCCNC1(CO)CCCC1CCOCCOC(C)(C)C. The van der Waals surface area contributed by atoms with Gasteiger partial charge in [0.05, 0.1) is 25.4 Å². The molecule has 0 spiro atoms. The second-order valence-electron chi connectivity index (χ2n) is 7.19. The van der Waals surface area contributed by atoms with Gasteiger partial charge in [-0.25, -0.2) is 0 Å². The third-order valence-corrected chi connectivity index (χ3v) is 4.34. The summed E-state index contributed by atoms with van der Waals surface area (Å²) >= 11 is 0. The number of hydrogen-bond acceptors (Lipinski definition) is 4. The molecular weight excluding hydrogens is 266 g/mol. The van der Waals surface area contributed by atoms with Crippen molar-refractivity contribution in [3.63, 3.8) is 0 Å². The fraction of sp³-hybridized carbons (Fsp3) is 1.00. The van der Waals surface area contributed by atoms with E-state index in [1.165, 1.54) is 12.8 Å². The minimum atomic E-state index is -0.0923. The lowest BCUT2D eigenvalue weighted by atomic mass is 9.85. The Morgan fingerprint density at radius 2 is 2.00 bits per heavy atom. The summed E-state index contributed by atoms with van der Waals surface area (Å²) in [5, 5.41) is 13.4. The first kappa shape index (κ1) is 18.9. The normalized spacial score (nSPS) is 26.4. The predicted molar refractivity (Wildman–Crippen MR) is 86.6 cm³/mol. The van der Waals surface area contributed by atoms with Gasteiger partial charge in [-0.05, 0) is 58.9 Å². The third kappa shape index (κ3) is 6.64. The van der Waals surface area contributed by atoms with E-state index in [0.717, 1.165) is 32.4 Å². The van der Waals surface area contributed by atoms with E-state index in [2.05, 4.69) is 33.0 Å². The maximum atomic E-state index is 9.82. The lowest BCUT2D eigenvalue weighted by Crippen LogP contribution is -2.51. The van der Waals surface area contributed by atoms with E-state index >= 15 is 0 Å². The first-order valence-electron chi connectivity index (χ1n) is 8.51. The molecule has 0 aromatic rings. The predicted octanol–water partition coefficient (Wildman–Crippen LogP) is 2.74. The molecule has 1 fully saturated rings. The first-order valence-corrected chi connectivity index (χ1v) is 8.51. The Labute approximate surface area is 130 Å². The van der Waals surface area contributed by atoms with E-state index in [1.54, 1.807) is 0 Å². The van der Waals surface area contributed by atoms with Gasteiger partial charge in [-0.15, -0.1) is 0 Å². The molecule has 4 heteroatoms. The smallest absolute Gasteiger partial charge is 0.0707 e. The fourth-order valence-electron chi connectivity index (χ4n) is 3.17. The van der Waals surface area contributed by atoms with Crippen molar-refractivity contribution in [1.29, 1.82) is 0 Å². The van der Waals surface area contributed by atoms with Crippen LogP contribution in [0.15, 0.2) is 0 Å². The molecule has 1 rings (SSSR count). The summed E-state index contributed by atoms with van der Waals surface area (Å²) in [5.74, 6) is 0.526. The Hall–Kier alpha value is -0.160. The van der Waals surface area contributed by atoms with Crippen LogP contribution < -0.4 is 5.32 Å². The third-order valence-electron chi connectivity index (χ3n) is 4.34. The van der Waals surface area contributed by atoms with Gasteiger partial charge in [0.1, 0.15) is 0 Å². The van der Waals surface area contributed by atoms with Crippen molar-refractivity contribution in [3.8, 4) is 0 Å². The van der Waals surface area contributed by atoms with Crippen LogP contribution in [0.1, 0.15) is 59.8 Å². The lowest BCUT2D eigenvalue weighted by Gasteiger charge is -2.35. The molecule has 0 heterocycles. The Morgan fingerprint density at radius 1 is 1.24 bits per heavy atom. The average molecular weight is 301 g/mol. The Bertz CT molecular complexity index is 278. The van der Waals surface area contributed by atoms with Gasteiger partial charge < -0.3 is 19.9 Å². The zero-order valence-electron chi connectivity index (χ0n) is 14.4. The summed E-state index contributed by atoms with van der Waals surface area (Å²) in [4.78, 5) is 0. The van der Waals surface area contributed by atoms with Gasteiger partial charge in [-0.1, -0.05) is 13.3 Å². The van der Waals surface area contributed by atoms with Gasteiger partial charge in [-0.2, -0.15) is 0 Å². The standard InChI is InChI=1S/C17H35NO3/c1-5-10-18-17(14-19)9-6-7-15(17)8-11-20-12-13-21-16(2,3)4/h15,18-19H,5-14H2,1-4H3. The molecule has 0 saturated heterocycles. The highest BCUT2D eigenvalue weighted by Crippen LogP contribution is 2.37. The summed E-state index contributed by atoms with van der Waals surface area (Å²) in [5.41, 5.74) is -0.161. The molecule has 0 radical (unpaired) electrons. The van der Waals surface area contributed by atoms with Crippen LogP contribution in [0.5, 0.6) is 0 Å². The minimum absolute atomic E-state index is 0.0682. The molecule has 2 unspecified atom stereocenters. The molecule has 2 N–H and O–H groups in total. The van der Waals surface area contributed by atoms with Crippen molar-refractivity contribution in [1.82, 2.24) is 5.32 Å². The molecule has 126 valence electrons. The number of nitrogens with one attached hydrogen (secondary N) is 1. The van der Waals surface area contributed by atoms with Crippen molar-refractivity contribution in [3.05, 3.63) is 0 Å². The molecule has 1 saturated carbocycles. The summed E-state index contributed by atoms with van der Waals surface area (Å²) in [6.45, 7) is 11.6. The molecule has 0 aromatic carbocycles. The van der Waals surface area contributed by atoms with E-state index < -0.39 is 0 Å². The van der Waals surface area contributed by atoms with Crippen LogP contribution in [-0.4, -0.2) is 49.2 Å². The van der Waals surface area contributed by atoms with Gasteiger partial charge >= 0.3 is 0 Å². The summed E-state index contributed by atoms with van der Waals surface area (Å²) in [7, 11) is 0. The summed E-state index contributed by atoms with van der Waals surface area (Å²) in [6.07, 6.45) is 5.61. The highest BCUT2D eigenvalue weighted by Gasteiger charge is 2.41. The van der Waals surface area contributed by atoms with Gasteiger partial charge in [-0.3, -0.25) is 0 Å². The average Bonchev–Trinajstić information content (AvgIpc) is 2.83. The second-order valence-corrected chi connectivity index (χ2v) is 7.19. The Morgan fingerprint density at radius 3 is 2.62 bits per heavy atom. The molecule has 1 aliphatic rings. The zero-order chi connectivity index (χ0) is 15.8. The molecule has 0 aromatic heterocycles. The van der Waals surface area contributed by atoms with Crippen molar-refractivity contribution in [2.45, 2.75) is 70.9 Å². The molecule has 0 bridgehead atoms. The van der Waals surface area contributed by atoms with Crippen molar-refractivity contribution in [2.75, 3.05) is 33.0 Å². The van der Waals surface area contributed by atoms with Crippen LogP contribution in [0.2, 0.25) is 0 Å². The van der Waals surface area contributed by atoms with Crippen LogP contribution in [0.4, 0.5) is 0 Å². The van der Waals surface area contributed by atoms with Gasteiger partial charge in [0.15, 0.2) is 0 Å². The quantitative estimate of drug-likeness (QED) is 0.609. The molecule has 21 heavy (non-hydrogen) atoms. The maximum absolute atomic E-state index is 9.82. The lowest BCUT2D eigenvalue weighted by molar-refractivity contribution is -0.0374.